The Morgan fingerprint density at radius 2 is 2.32 bits per heavy atom. The Morgan fingerprint density at radius 1 is 1.48 bits per heavy atom. The molecule has 0 unspecified atom stereocenters. The van der Waals surface area contributed by atoms with E-state index in [1.165, 1.54) is 11.8 Å². The van der Waals surface area contributed by atoms with E-state index in [0.29, 0.717) is 29.1 Å². The monoisotopic (exact) mass is 359 g/mol. The van der Waals surface area contributed by atoms with Gasteiger partial charge in [-0.15, -0.1) is 6.58 Å². The van der Waals surface area contributed by atoms with Gasteiger partial charge in [-0.3, -0.25) is 14.2 Å². The molecule has 0 spiro atoms. The van der Waals surface area contributed by atoms with Crippen LogP contribution in [0.3, 0.4) is 0 Å². The molecule has 0 bridgehead atoms. The maximum atomic E-state index is 12.9. The zero-order valence-corrected chi connectivity index (χ0v) is 14.8. The van der Waals surface area contributed by atoms with Crippen LogP contribution >= 0.6 is 11.8 Å². The van der Waals surface area contributed by atoms with Crippen LogP contribution in [0.25, 0.3) is 10.9 Å². The Labute approximate surface area is 150 Å². The van der Waals surface area contributed by atoms with Crippen LogP contribution in [-0.2, 0) is 16.1 Å². The van der Waals surface area contributed by atoms with Gasteiger partial charge in [0.15, 0.2) is 5.16 Å². The summed E-state index contributed by atoms with van der Waals surface area (Å²) in [7, 11) is 0. The molecular weight excluding hydrogens is 338 g/mol. The molecule has 2 aromatic rings. The molecule has 1 saturated heterocycles. The number of rotatable bonds is 7. The summed E-state index contributed by atoms with van der Waals surface area (Å²) in [5, 5.41) is 3.86. The third-order valence-corrected chi connectivity index (χ3v) is 4.99. The quantitative estimate of drug-likeness (QED) is 0.465. The summed E-state index contributed by atoms with van der Waals surface area (Å²) in [5.74, 6) is 0.0837. The van der Waals surface area contributed by atoms with Crippen molar-refractivity contribution in [3.63, 3.8) is 0 Å². The second kappa shape index (κ2) is 8.31. The van der Waals surface area contributed by atoms with Crippen LogP contribution < -0.4 is 10.9 Å². The second-order valence-electron chi connectivity index (χ2n) is 5.84. The molecule has 7 heteroatoms. The van der Waals surface area contributed by atoms with Gasteiger partial charge >= 0.3 is 0 Å². The molecular formula is C18H21N3O3S. The van der Waals surface area contributed by atoms with Crippen molar-refractivity contribution in [2.24, 2.45) is 0 Å². The number of aromatic nitrogens is 2. The Kier molecular flexibility index (Phi) is 5.88. The number of carbonyl (C=O) groups excluding carboxylic acids is 1. The number of fused-ring (bicyclic) bond motifs is 1. The Morgan fingerprint density at radius 3 is 3.08 bits per heavy atom. The number of nitrogens with zero attached hydrogens (tertiary/aromatic N) is 2. The van der Waals surface area contributed by atoms with Crippen LogP contribution in [0.5, 0.6) is 0 Å². The minimum Gasteiger partial charge on any atom is -0.376 e. The zero-order chi connectivity index (χ0) is 17.6. The van der Waals surface area contributed by atoms with Crippen molar-refractivity contribution >= 4 is 28.6 Å². The van der Waals surface area contributed by atoms with Gasteiger partial charge < -0.3 is 10.1 Å². The fourth-order valence-corrected chi connectivity index (χ4v) is 3.62. The van der Waals surface area contributed by atoms with Crippen molar-refractivity contribution in [3.05, 3.63) is 47.3 Å². The molecule has 1 amide bonds. The average Bonchev–Trinajstić information content (AvgIpc) is 3.14. The average molecular weight is 359 g/mol. The molecule has 2 heterocycles. The van der Waals surface area contributed by atoms with Crippen LogP contribution in [-0.4, -0.2) is 40.5 Å². The molecule has 25 heavy (non-hydrogen) atoms. The topological polar surface area (TPSA) is 73.2 Å². The van der Waals surface area contributed by atoms with E-state index in [9.17, 15) is 9.59 Å². The van der Waals surface area contributed by atoms with Crippen molar-refractivity contribution in [3.8, 4) is 0 Å². The van der Waals surface area contributed by atoms with Gasteiger partial charge in [-0.25, -0.2) is 4.98 Å². The van der Waals surface area contributed by atoms with E-state index in [1.807, 2.05) is 18.2 Å². The van der Waals surface area contributed by atoms with Crippen LogP contribution in [0.1, 0.15) is 12.8 Å². The first-order valence-corrected chi connectivity index (χ1v) is 9.29. The first-order chi connectivity index (χ1) is 12.2. The van der Waals surface area contributed by atoms with E-state index in [2.05, 4.69) is 16.9 Å². The summed E-state index contributed by atoms with van der Waals surface area (Å²) in [6, 6.07) is 7.28. The molecule has 1 aromatic heterocycles. The second-order valence-corrected chi connectivity index (χ2v) is 6.79. The summed E-state index contributed by atoms with van der Waals surface area (Å²) in [6.07, 6.45) is 3.59. The lowest BCUT2D eigenvalue weighted by atomic mass is 10.2. The maximum Gasteiger partial charge on any atom is 0.262 e. The number of nitrogens with one attached hydrogen (secondary N) is 1. The van der Waals surface area contributed by atoms with Crippen molar-refractivity contribution in [1.82, 2.24) is 14.9 Å². The lowest BCUT2D eigenvalue weighted by Gasteiger charge is -2.16. The van der Waals surface area contributed by atoms with Crippen LogP contribution in [0.4, 0.5) is 0 Å². The third kappa shape index (κ3) is 4.29. The molecule has 1 atom stereocenters. The molecule has 0 aliphatic carbocycles. The molecule has 0 saturated carbocycles. The fourth-order valence-electron chi connectivity index (χ4n) is 2.78. The van der Waals surface area contributed by atoms with Crippen molar-refractivity contribution in [1.29, 1.82) is 0 Å². The highest BCUT2D eigenvalue weighted by molar-refractivity contribution is 7.99. The number of para-hydroxylation sites is 1. The molecule has 6 nitrogen and oxygen atoms in total. The van der Waals surface area contributed by atoms with Crippen LogP contribution in [0, 0.1) is 0 Å². The number of thioether (sulfide) groups is 1. The minimum absolute atomic E-state index is 0.0228. The SMILES string of the molecule is C=CCNC(=O)CSc1nc2ccccc2c(=O)n1C[C@@H]1CCCO1. The Hall–Kier alpha value is -2.12. The predicted molar refractivity (Wildman–Crippen MR) is 98.9 cm³/mol. The van der Waals surface area contributed by atoms with Crippen molar-refractivity contribution < 1.29 is 9.53 Å². The minimum atomic E-state index is -0.115. The van der Waals surface area contributed by atoms with Gasteiger partial charge in [-0.2, -0.15) is 0 Å². The summed E-state index contributed by atoms with van der Waals surface area (Å²) in [5.41, 5.74) is 0.556. The molecule has 0 radical (unpaired) electrons. The van der Waals surface area contributed by atoms with Gasteiger partial charge in [-0.05, 0) is 25.0 Å². The number of ether oxygens (including phenoxy) is 1. The molecule has 1 fully saturated rings. The van der Waals surface area contributed by atoms with Crippen LogP contribution in [0.2, 0.25) is 0 Å². The van der Waals surface area contributed by atoms with E-state index >= 15 is 0 Å². The predicted octanol–water partition coefficient (Wildman–Crippen LogP) is 1.97. The lowest BCUT2D eigenvalue weighted by Crippen LogP contribution is -2.30. The van der Waals surface area contributed by atoms with Gasteiger partial charge in [0.1, 0.15) is 0 Å². The van der Waals surface area contributed by atoms with Crippen molar-refractivity contribution in [2.45, 2.75) is 30.6 Å². The first kappa shape index (κ1) is 17.7. The fraction of sp³-hybridized carbons (Fsp3) is 0.389. The van der Waals surface area contributed by atoms with Crippen molar-refractivity contribution in [2.75, 3.05) is 18.9 Å². The highest BCUT2D eigenvalue weighted by Gasteiger charge is 2.20. The third-order valence-electron chi connectivity index (χ3n) is 4.01. The molecule has 1 N–H and O–H groups in total. The van der Waals surface area contributed by atoms with E-state index in [1.54, 1.807) is 16.7 Å². The summed E-state index contributed by atoms with van der Waals surface area (Å²) >= 11 is 1.27. The van der Waals surface area contributed by atoms with E-state index in [4.69, 9.17) is 4.74 Å². The van der Waals surface area contributed by atoms with E-state index in [-0.39, 0.29) is 23.3 Å². The normalized spacial score (nSPS) is 16.9. The van der Waals surface area contributed by atoms with Gasteiger partial charge in [0, 0.05) is 13.2 Å². The largest absolute Gasteiger partial charge is 0.376 e. The van der Waals surface area contributed by atoms with Gasteiger partial charge in [0.25, 0.3) is 5.56 Å². The zero-order valence-electron chi connectivity index (χ0n) is 13.9. The Balaban J connectivity index is 1.89. The smallest absolute Gasteiger partial charge is 0.262 e. The highest BCUT2D eigenvalue weighted by Crippen LogP contribution is 2.20. The van der Waals surface area contributed by atoms with Gasteiger partial charge in [0.05, 0.1) is 29.3 Å². The molecule has 1 aliphatic rings. The first-order valence-electron chi connectivity index (χ1n) is 8.30. The number of carbonyl (C=O) groups is 1. The van der Waals surface area contributed by atoms with Crippen LogP contribution in [0.15, 0.2) is 46.9 Å². The molecule has 1 aromatic carbocycles. The van der Waals surface area contributed by atoms with Gasteiger partial charge in [-0.1, -0.05) is 30.0 Å². The summed E-state index contributed by atoms with van der Waals surface area (Å²) < 4.78 is 7.31. The number of benzene rings is 1. The van der Waals surface area contributed by atoms with Gasteiger partial charge in [0.2, 0.25) is 5.91 Å². The number of hydrogen-bond acceptors (Lipinski definition) is 5. The number of amides is 1. The summed E-state index contributed by atoms with van der Waals surface area (Å²) in [4.78, 5) is 29.4. The molecule has 132 valence electrons. The molecule has 1 aliphatic heterocycles. The lowest BCUT2D eigenvalue weighted by molar-refractivity contribution is -0.118. The standard InChI is InChI=1S/C18H21N3O3S/c1-2-9-19-16(22)12-25-18-20-15-8-4-3-7-14(15)17(23)21(18)11-13-6-5-10-24-13/h2-4,7-8,13H,1,5-6,9-12H2,(H,19,22)/t13-/m0/s1. The Bertz CT molecular complexity index is 828. The maximum absolute atomic E-state index is 12.9. The van der Waals surface area contributed by atoms with E-state index < -0.39 is 0 Å². The molecule has 3 rings (SSSR count). The highest BCUT2D eigenvalue weighted by atomic mass is 32.2. The summed E-state index contributed by atoms with van der Waals surface area (Å²) in [6.45, 7) is 5.19. The van der Waals surface area contributed by atoms with E-state index in [0.717, 1.165) is 19.4 Å². The number of hydrogen-bond donors (Lipinski definition) is 1.